The van der Waals surface area contributed by atoms with Crippen molar-refractivity contribution in [2.45, 2.75) is 31.9 Å². The third kappa shape index (κ3) is 3.08. The first kappa shape index (κ1) is 13.7. The fourth-order valence-electron chi connectivity index (χ4n) is 2.45. The standard InChI is InChI=1S/C14H17N5O2/c1-10(13-6-3-7-21-13)16-14(20)11-4-2-5-12(8-11)19-9-15-17-18-19/h2,4-5,8-10,13H,3,6-7H2,1H3,(H,16,20)/t10-,13-/m0/s1. The highest BCUT2D eigenvalue weighted by molar-refractivity contribution is 5.94. The van der Waals surface area contributed by atoms with E-state index in [0.717, 1.165) is 25.1 Å². The molecule has 1 aromatic heterocycles. The number of benzene rings is 1. The van der Waals surface area contributed by atoms with Crippen LogP contribution in [0.15, 0.2) is 30.6 Å². The predicted octanol–water partition coefficient (Wildman–Crippen LogP) is 0.960. The second kappa shape index (κ2) is 6.01. The van der Waals surface area contributed by atoms with Crippen LogP contribution in [0.4, 0.5) is 0 Å². The molecule has 21 heavy (non-hydrogen) atoms. The minimum atomic E-state index is -0.118. The van der Waals surface area contributed by atoms with Gasteiger partial charge in [-0.25, -0.2) is 4.68 Å². The van der Waals surface area contributed by atoms with Gasteiger partial charge < -0.3 is 10.1 Å². The minimum Gasteiger partial charge on any atom is -0.376 e. The first-order valence-electron chi connectivity index (χ1n) is 7.00. The molecular formula is C14H17N5O2. The van der Waals surface area contributed by atoms with Gasteiger partial charge in [0.2, 0.25) is 0 Å². The van der Waals surface area contributed by atoms with E-state index in [1.807, 2.05) is 19.1 Å². The molecule has 2 aromatic rings. The monoisotopic (exact) mass is 287 g/mol. The Morgan fingerprint density at radius 2 is 2.43 bits per heavy atom. The van der Waals surface area contributed by atoms with Crippen LogP contribution in [0.2, 0.25) is 0 Å². The van der Waals surface area contributed by atoms with Crippen molar-refractivity contribution < 1.29 is 9.53 Å². The molecule has 1 aliphatic heterocycles. The van der Waals surface area contributed by atoms with Crippen molar-refractivity contribution >= 4 is 5.91 Å². The van der Waals surface area contributed by atoms with Crippen molar-refractivity contribution in [1.82, 2.24) is 25.5 Å². The highest BCUT2D eigenvalue weighted by Crippen LogP contribution is 2.16. The molecule has 1 saturated heterocycles. The van der Waals surface area contributed by atoms with Gasteiger partial charge in [0, 0.05) is 12.2 Å². The lowest BCUT2D eigenvalue weighted by atomic mass is 10.1. The third-order valence-electron chi connectivity index (χ3n) is 3.60. The summed E-state index contributed by atoms with van der Waals surface area (Å²) in [5.41, 5.74) is 1.32. The van der Waals surface area contributed by atoms with Crippen molar-refractivity contribution in [2.24, 2.45) is 0 Å². The first-order chi connectivity index (χ1) is 10.2. The molecule has 0 saturated carbocycles. The molecule has 7 heteroatoms. The maximum atomic E-state index is 12.3. The Hall–Kier alpha value is -2.28. The number of tetrazole rings is 1. The molecule has 0 bridgehead atoms. The third-order valence-corrected chi connectivity index (χ3v) is 3.60. The fraction of sp³-hybridized carbons (Fsp3) is 0.429. The zero-order valence-corrected chi connectivity index (χ0v) is 11.8. The zero-order valence-electron chi connectivity index (χ0n) is 11.8. The van der Waals surface area contributed by atoms with Gasteiger partial charge in [-0.05, 0) is 48.4 Å². The van der Waals surface area contributed by atoms with Crippen molar-refractivity contribution in [3.05, 3.63) is 36.2 Å². The Kier molecular flexibility index (Phi) is 3.92. The maximum Gasteiger partial charge on any atom is 0.251 e. The summed E-state index contributed by atoms with van der Waals surface area (Å²) < 4.78 is 7.10. The number of ether oxygens (including phenoxy) is 1. The topological polar surface area (TPSA) is 81.9 Å². The molecule has 1 aromatic carbocycles. The molecule has 7 nitrogen and oxygen atoms in total. The Morgan fingerprint density at radius 1 is 1.52 bits per heavy atom. The molecule has 1 N–H and O–H groups in total. The number of aromatic nitrogens is 4. The highest BCUT2D eigenvalue weighted by atomic mass is 16.5. The molecule has 1 aliphatic rings. The molecule has 3 rings (SSSR count). The molecule has 2 heterocycles. The van der Waals surface area contributed by atoms with Crippen LogP contribution in [0.3, 0.4) is 0 Å². The molecule has 0 spiro atoms. The van der Waals surface area contributed by atoms with Gasteiger partial charge in [-0.2, -0.15) is 0 Å². The van der Waals surface area contributed by atoms with Gasteiger partial charge in [-0.1, -0.05) is 6.07 Å². The number of nitrogens with zero attached hydrogens (tertiary/aromatic N) is 4. The number of carbonyl (C=O) groups is 1. The number of carbonyl (C=O) groups excluding carboxylic acids is 1. The van der Waals surface area contributed by atoms with Gasteiger partial charge in [-0.15, -0.1) is 5.10 Å². The molecule has 2 atom stereocenters. The van der Waals surface area contributed by atoms with E-state index in [0.29, 0.717) is 5.56 Å². The summed E-state index contributed by atoms with van der Waals surface area (Å²) in [6, 6.07) is 7.18. The summed E-state index contributed by atoms with van der Waals surface area (Å²) >= 11 is 0. The summed E-state index contributed by atoms with van der Waals surface area (Å²) in [6.07, 6.45) is 3.65. The van der Waals surface area contributed by atoms with Gasteiger partial charge >= 0.3 is 0 Å². The largest absolute Gasteiger partial charge is 0.376 e. The van der Waals surface area contributed by atoms with E-state index in [2.05, 4.69) is 20.8 Å². The molecule has 1 amide bonds. The Labute approximate surface area is 122 Å². The number of hydrogen-bond donors (Lipinski definition) is 1. The SMILES string of the molecule is C[C@H](NC(=O)c1cccc(-n2cnnn2)c1)[C@@H]1CCCO1. The summed E-state index contributed by atoms with van der Waals surface area (Å²) in [7, 11) is 0. The summed E-state index contributed by atoms with van der Waals surface area (Å²) in [5.74, 6) is -0.118. The van der Waals surface area contributed by atoms with E-state index in [1.165, 1.54) is 11.0 Å². The van der Waals surface area contributed by atoms with Gasteiger partial charge in [0.25, 0.3) is 5.91 Å². The van der Waals surface area contributed by atoms with Crippen molar-refractivity contribution in [1.29, 1.82) is 0 Å². The molecule has 0 unspecified atom stereocenters. The normalized spacial score (nSPS) is 19.4. The Bertz CT molecular complexity index is 608. The molecule has 110 valence electrons. The van der Waals surface area contributed by atoms with Gasteiger partial charge in [0.05, 0.1) is 17.8 Å². The quantitative estimate of drug-likeness (QED) is 0.905. The van der Waals surface area contributed by atoms with E-state index in [1.54, 1.807) is 12.1 Å². The maximum absolute atomic E-state index is 12.3. The average molecular weight is 287 g/mol. The fourth-order valence-corrected chi connectivity index (χ4v) is 2.45. The molecule has 0 aliphatic carbocycles. The van der Waals surface area contributed by atoms with Crippen LogP contribution in [-0.4, -0.2) is 44.9 Å². The van der Waals surface area contributed by atoms with Crippen molar-refractivity contribution in [3.63, 3.8) is 0 Å². The van der Waals surface area contributed by atoms with Crippen molar-refractivity contribution in [3.8, 4) is 5.69 Å². The molecule has 0 radical (unpaired) electrons. The van der Waals surface area contributed by atoms with Crippen LogP contribution in [-0.2, 0) is 4.74 Å². The lowest BCUT2D eigenvalue weighted by molar-refractivity contribution is 0.0712. The van der Waals surface area contributed by atoms with E-state index < -0.39 is 0 Å². The van der Waals surface area contributed by atoms with Crippen LogP contribution in [0.5, 0.6) is 0 Å². The number of rotatable bonds is 4. The van der Waals surface area contributed by atoms with E-state index >= 15 is 0 Å². The highest BCUT2D eigenvalue weighted by Gasteiger charge is 2.24. The Morgan fingerprint density at radius 3 is 3.14 bits per heavy atom. The van der Waals surface area contributed by atoms with Crippen LogP contribution < -0.4 is 5.32 Å². The van der Waals surface area contributed by atoms with E-state index in [4.69, 9.17) is 4.74 Å². The minimum absolute atomic E-state index is 0.00306. The first-order valence-corrected chi connectivity index (χ1v) is 7.00. The van der Waals surface area contributed by atoms with E-state index in [9.17, 15) is 4.79 Å². The summed E-state index contributed by atoms with van der Waals surface area (Å²) in [6.45, 7) is 2.75. The Balaban J connectivity index is 1.71. The van der Waals surface area contributed by atoms with E-state index in [-0.39, 0.29) is 18.1 Å². The number of hydrogen-bond acceptors (Lipinski definition) is 5. The smallest absolute Gasteiger partial charge is 0.251 e. The van der Waals surface area contributed by atoms with Crippen LogP contribution in [0.1, 0.15) is 30.1 Å². The zero-order chi connectivity index (χ0) is 14.7. The number of nitrogens with one attached hydrogen (secondary N) is 1. The average Bonchev–Trinajstić information content (AvgIpc) is 3.20. The van der Waals surface area contributed by atoms with Crippen LogP contribution in [0.25, 0.3) is 5.69 Å². The summed E-state index contributed by atoms with van der Waals surface area (Å²) in [5, 5.41) is 14.0. The number of amides is 1. The van der Waals surface area contributed by atoms with Crippen LogP contribution >= 0.6 is 0 Å². The van der Waals surface area contributed by atoms with Crippen LogP contribution in [0, 0.1) is 0 Å². The second-order valence-corrected chi connectivity index (χ2v) is 5.12. The van der Waals surface area contributed by atoms with Gasteiger partial charge in [-0.3, -0.25) is 4.79 Å². The van der Waals surface area contributed by atoms with Crippen molar-refractivity contribution in [2.75, 3.05) is 6.61 Å². The lowest BCUT2D eigenvalue weighted by Crippen LogP contribution is -2.40. The molecule has 1 fully saturated rings. The second-order valence-electron chi connectivity index (χ2n) is 5.12. The van der Waals surface area contributed by atoms with Gasteiger partial charge in [0.1, 0.15) is 6.33 Å². The summed E-state index contributed by atoms with van der Waals surface area (Å²) in [4.78, 5) is 12.3. The predicted molar refractivity (Wildman–Crippen MR) is 75.1 cm³/mol. The lowest BCUT2D eigenvalue weighted by Gasteiger charge is -2.20. The molecular weight excluding hydrogens is 270 g/mol. The van der Waals surface area contributed by atoms with Gasteiger partial charge in [0.15, 0.2) is 0 Å².